The first-order chi connectivity index (χ1) is 27.1. The quantitative estimate of drug-likeness (QED) is 0.173. The molecule has 0 aromatic heterocycles. The van der Waals surface area contributed by atoms with Crippen LogP contribution in [0.15, 0.2) is 138 Å². The minimum Gasteiger partial charge on any atom is -0.121 e. The van der Waals surface area contributed by atoms with Gasteiger partial charge in [-0.1, -0.05) is 169 Å². The van der Waals surface area contributed by atoms with Crippen LogP contribution in [0, 0.1) is 31.6 Å². The lowest BCUT2D eigenvalue weighted by Gasteiger charge is -2.25. The highest BCUT2D eigenvalue weighted by Gasteiger charge is 2.29. The van der Waals surface area contributed by atoms with Gasteiger partial charge in [0, 0.05) is 28.4 Å². The van der Waals surface area contributed by atoms with Gasteiger partial charge in [0.1, 0.15) is 0 Å². The summed E-state index contributed by atoms with van der Waals surface area (Å²) in [6, 6.07) is 49.5. The zero-order chi connectivity index (χ0) is 39.3. The number of fused-ring (bicyclic) bond motifs is 6. The lowest BCUT2D eigenvalue weighted by Crippen LogP contribution is -2.11. The third-order valence-corrected chi connectivity index (χ3v) is 13.8. The van der Waals surface area contributed by atoms with Gasteiger partial charge >= 0.3 is 0 Å². The number of hydrogen-bond donors (Lipinski definition) is 0. The van der Waals surface area contributed by atoms with Crippen molar-refractivity contribution in [3.63, 3.8) is 0 Å². The average molecular weight is 755 g/mol. The van der Waals surface area contributed by atoms with Crippen molar-refractivity contribution in [2.24, 2.45) is 17.8 Å². The van der Waals surface area contributed by atoms with Crippen molar-refractivity contribution in [1.82, 2.24) is 0 Å². The predicted molar refractivity (Wildman–Crippen MR) is 243 cm³/mol. The van der Waals surface area contributed by atoms with Crippen LogP contribution in [0.2, 0.25) is 0 Å². The number of thioether (sulfide) groups is 1. The topological polar surface area (TPSA) is 0 Å². The summed E-state index contributed by atoms with van der Waals surface area (Å²) in [6.07, 6.45) is 4.72. The lowest BCUT2D eigenvalue weighted by molar-refractivity contribution is 0.556. The van der Waals surface area contributed by atoms with E-state index in [1.54, 1.807) is 22.3 Å². The Bertz CT molecular complexity index is 2000. The second kappa shape index (κ2) is 17.9. The molecule has 0 bridgehead atoms. The van der Waals surface area contributed by atoms with Crippen LogP contribution in [0.3, 0.4) is 0 Å². The summed E-state index contributed by atoms with van der Waals surface area (Å²) >= 11 is 1.97. The molecule has 0 fully saturated rings. The van der Waals surface area contributed by atoms with Gasteiger partial charge in [0.05, 0.1) is 0 Å². The minimum atomic E-state index is 0.535. The summed E-state index contributed by atoms with van der Waals surface area (Å²) in [5, 5.41) is 0. The molecular weight excluding hydrogens is 693 g/mol. The van der Waals surface area contributed by atoms with Crippen molar-refractivity contribution in [2.75, 3.05) is 0 Å². The first-order valence-corrected chi connectivity index (χ1v) is 22.2. The molecule has 0 saturated heterocycles. The van der Waals surface area contributed by atoms with Gasteiger partial charge in [-0.3, -0.25) is 0 Å². The number of aryl methyl sites for hydroxylation is 4. The number of benzene rings is 6. The molecular formula is C55H62S. The van der Waals surface area contributed by atoms with Crippen molar-refractivity contribution in [3.8, 4) is 0 Å². The second-order valence-electron chi connectivity index (χ2n) is 17.4. The van der Waals surface area contributed by atoms with E-state index in [4.69, 9.17) is 0 Å². The molecule has 0 amide bonds. The fraction of sp³-hybridized carbons (Fsp3) is 0.345. The van der Waals surface area contributed by atoms with Crippen LogP contribution >= 0.6 is 11.8 Å². The normalized spacial score (nSPS) is 15.9. The number of rotatable bonds is 3. The van der Waals surface area contributed by atoms with E-state index in [-0.39, 0.29) is 0 Å². The van der Waals surface area contributed by atoms with E-state index < -0.39 is 0 Å². The van der Waals surface area contributed by atoms with Crippen molar-refractivity contribution in [3.05, 3.63) is 206 Å². The standard InChI is InChI=1S/C20H24.C18H20.C17H18S/c1-13(2)20-18-9-5-7-14(3)16(18)11-12-17-15(4)8-6-10-19(17)20;1-13(2)18-16-9-5-3-7-14(16)11-12-15-8-4-6-10-17(15)18;1-12(2)17-14-8-4-3-7-13(14)11-18-16-10-6-5-9-15(16)17/h5-10,13,20H,11-12H2,1-4H3;3-10,13,18H,11-12H2,1-2H3;3-10,12,17H,11H2,1-2H3. The second-order valence-corrected chi connectivity index (χ2v) is 18.4. The maximum atomic E-state index is 2.36. The van der Waals surface area contributed by atoms with Crippen LogP contribution in [0.1, 0.15) is 132 Å². The Morgan fingerprint density at radius 3 is 1.21 bits per heavy atom. The Hall–Kier alpha value is -4.33. The van der Waals surface area contributed by atoms with Gasteiger partial charge in [0.25, 0.3) is 0 Å². The van der Waals surface area contributed by atoms with Crippen molar-refractivity contribution in [1.29, 1.82) is 0 Å². The van der Waals surface area contributed by atoms with Gasteiger partial charge in [0.15, 0.2) is 0 Å². The van der Waals surface area contributed by atoms with E-state index in [1.807, 2.05) is 11.8 Å². The van der Waals surface area contributed by atoms with E-state index in [9.17, 15) is 0 Å². The average Bonchev–Trinajstić information content (AvgIpc) is 3.57. The van der Waals surface area contributed by atoms with Crippen LogP contribution < -0.4 is 0 Å². The molecule has 1 heterocycles. The summed E-state index contributed by atoms with van der Waals surface area (Å²) in [7, 11) is 0. The Morgan fingerprint density at radius 2 is 0.732 bits per heavy atom. The molecule has 0 radical (unpaired) electrons. The van der Waals surface area contributed by atoms with Crippen molar-refractivity contribution in [2.45, 2.75) is 109 Å². The van der Waals surface area contributed by atoms with E-state index >= 15 is 0 Å². The molecule has 0 saturated carbocycles. The Kier molecular flexibility index (Phi) is 12.7. The largest absolute Gasteiger partial charge is 0.121 e. The van der Waals surface area contributed by atoms with Gasteiger partial charge in [-0.05, 0) is 136 Å². The summed E-state index contributed by atoms with van der Waals surface area (Å²) in [5.74, 6) is 4.64. The summed E-state index contributed by atoms with van der Waals surface area (Å²) in [6.45, 7) is 18.6. The van der Waals surface area contributed by atoms with Crippen molar-refractivity contribution < 1.29 is 0 Å². The molecule has 0 N–H and O–H groups in total. The van der Waals surface area contributed by atoms with Crippen LogP contribution in [0.4, 0.5) is 0 Å². The highest BCUT2D eigenvalue weighted by Crippen LogP contribution is 2.44. The molecule has 0 nitrogen and oxygen atoms in total. The smallest absolute Gasteiger partial charge is 0.0235 e. The summed E-state index contributed by atoms with van der Waals surface area (Å²) in [5.41, 5.74) is 19.9. The van der Waals surface area contributed by atoms with Crippen LogP contribution in [-0.2, 0) is 31.4 Å². The molecule has 6 aromatic carbocycles. The molecule has 9 rings (SSSR count). The Balaban J connectivity index is 0.000000129. The zero-order valence-electron chi connectivity index (χ0n) is 35.1. The SMILES string of the molecule is CC(C)C1c2ccccc2CCc2ccccc21.CC(C)C1c2ccccc2CSc2ccccc21.Cc1cccc2c1CCc1c(C)cccc1C2C(C)C. The van der Waals surface area contributed by atoms with Gasteiger partial charge in [-0.15, -0.1) is 11.8 Å². The first-order valence-electron chi connectivity index (χ1n) is 21.3. The molecule has 56 heavy (non-hydrogen) atoms. The van der Waals surface area contributed by atoms with E-state index in [1.165, 1.54) is 80.6 Å². The molecule has 288 valence electrons. The van der Waals surface area contributed by atoms with E-state index in [0.29, 0.717) is 35.5 Å². The Labute approximate surface area is 343 Å². The predicted octanol–water partition coefficient (Wildman–Crippen LogP) is 14.8. The minimum absolute atomic E-state index is 0.535. The van der Waals surface area contributed by atoms with Gasteiger partial charge in [-0.25, -0.2) is 0 Å². The highest BCUT2D eigenvalue weighted by molar-refractivity contribution is 7.98. The highest BCUT2D eigenvalue weighted by atomic mass is 32.2. The maximum Gasteiger partial charge on any atom is 0.0235 e. The molecule has 2 aliphatic carbocycles. The molecule has 1 aliphatic heterocycles. The van der Waals surface area contributed by atoms with Crippen LogP contribution in [0.5, 0.6) is 0 Å². The van der Waals surface area contributed by atoms with E-state index in [2.05, 4.69) is 189 Å². The zero-order valence-corrected chi connectivity index (χ0v) is 35.9. The summed E-state index contributed by atoms with van der Waals surface area (Å²) in [4.78, 5) is 1.45. The molecule has 6 aromatic rings. The number of hydrogen-bond acceptors (Lipinski definition) is 1. The fourth-order valence-corrected chi connectivity index (χ4v) is 11.1. The summed E-state index contributed by atoms with van der Waals surface area (Å²) < 4.78 is 0. The first kappa shape index (κ1) is 39.9. The fourth-order valence-electron chi connectivity index (χ4n) is 10.0. The van der Waals surface area contributed by atoms with Gasteiger partial charge in [0.2, 0.25) is 0 Å². The van der Waals surface area contributed by atoms with Gasteiger partial charge in [-0.2, -0.15) is 0 Å². The molecule has 0 spiro atoms. The molecule has 1 atom stereocenters. The molecule has 3 aliphatic rings. The van der Waals surface area contributed by atoms with Crippen LogP contribution in [0.25, 0.3) is 0 Å². The van der Waals surface area contributed by atoms with E-state index in [0.717, 1.165) is 5.75 Å². The lowest BCUT2D eigenvalue weighted by atomic mass is 9.79. The van der Waals surface area contributed by atoms with Crippen LogP contribution in [-0.4, -0.2) is 0 Å². The monoisotopic (exact) mass is 754 g/mol. The molecule has 1 heteroatoms. The molecule has 1 unspecified atom stereocenters. The third kappa shape index (κ3) is 8.35. The maximum absolute atomic E-state index is 2.36. The van der Waals surface area contributed by atoms with Crippen molar-refractivity contribution >= 4 is 11.8 Å². The van der Waals surface area contributed by atoms with Gasteiger partial charge < -0.3 is 0 Å². The Morgan fingerprint density at radius 1 is 0.375 bits per heavy atom. The third-order valence-electron chi connectivity index (χ3n) is 12.7.